The molecule has 0 fully saturated rings. The molecule has 15 aromatic rings. The summed E-state index contributed by atoms with van der Waals surface area (Å²) in [5.74, 6) is 0.550. The molecule has 17 atom stereocenters. The molecule has 0 aliphatic carbocycles. The van der Waals surface area contributed by atoms with Gasteiger partial charge in [0, 0.05) is 0 Å². The van der Waals surface area contributed by atoms with Crippen molar-refractivity contribution in [3.63, 3.8) is 0 Å². The van der Waals surface area contributed by atoms with Gasteiger partial charge < -0.3 is 14.6 Å². The molecule has 734 valence electrons. The summed E-state index contributed by atoms with van der Waals surface area (Å²) in [6, 6.07) is 171. The van der Waals surface area contributed by atoms with E-state index in [9.17, 15) is 19.5 Å². The fourth-order valence-electron chi connectivity index (χ4n) is 24.8. The molecule has 0 heterocycles. The molecule has 0 saturated heterocycles. The molecule has 0 bridgehead atoms. The van der Waals surface area contributed by atoms with E-state index in [0.29, 0.717) is 30.6 Å². The summed E-state index contributed by atoms with van der Waals surface area (Å²) in [5.41, 5.74) is 16.4. The van der Waals surface area contributed by atoms with Gasteiger partial charge >= 0.3 is 17.9 Å². The van der Waals surface area contributed by atoms with Gasteiger partial charge in [0.25, 0.3) is 0 Å². The molecule has 0 aliphatic heterocycles. The molecule has 0 spiro atoms. The van der Waals surface area contributed by atoms with Gasteiger partial charge in [-0.2, -0.15) is 0 Å². The van der Waals surface area contributed by atoms with Crippen molar-refractivity contribution in [2.45, 2.75) is 246 Å². The van der Waals surface area contributed by atoms with Crippen LogP contribution in [0.2, 0.25) is 0 Å². The maximum Gasteiger partial charge on any atom is 0.311 e. The van der Waals surface area contributed by atoms with Gasteiger partial charge in [0.1, 0.15) is 0 Å². The molecule has 0 aliphatic rings. The number of carbonyl (C=O) groups is 3. The average molecular weight is 1890 g/mol. The smallest absolute Gasteiger partial charge is 0.311 e. The molecular formula is C137H150O6. The first-order valence-corrected chi connectivity index (χ1v) is 53.1. The molecule has 15 aromatic carbocycles. The predicted molar refractivity (Wildman–Crippen MR) is 593 cm³/mol. The predicted octanol–water partition coefficient (Wildman–Crippen LogP) is 35.6. The topological polar surface area (TPSA) is 89.9 Å². The molecule has 6 heteroatoms. The largest absolute Gasteiger partial charge is 0.481 e. The van der Waals surface area contributed by atoms with Gasteiger partial charge in [-0.05, 0) is 322 Å². The van der Waals surface area contributed by atoms with Crippen LogP contribution in [-0.4, -0.2) is 36.7 Å². The van der Waals surface area contributed by atoms with Gasteiger partial charge in [-0.15, -0.1) is 0 Å². The van der Waals surface area contributed by atoms with Crippen LogP contribution in [0.4, 0.5) is 0 Å². The van der Waals surface area contributed by atoms with Crippen molar-refractivity contribution < 1.29 is 29.0 Å². The SMILES string of the molecule is CCOC(=O)C(C)(CC(C)(C)C(=O)O)CC(C)(CC(CC(CC(CC(CC(CC(CC(CC(CC(CC(CC(CC(CC(CC(CC(CC)c1ccccc1)c1ccccc1)c1ccccc1)c1ccccc1)c1ccccc1)c1ccccc1)c1ccccc1)c1ccccc1)c1ccccc1)c1ccccc1)c1ccccc1)c1ccccc1)c1ccccc1)c1ccccc1)c1ccccc1)C(=O)OC. The minimum atomic E-state index is -1.36. The Morgan fingerprint density at radius 1 is 0.210 bits per heavy atom. The highest BCUT2D eigenvalue weighted by molar-refractivity contribution is 5.82. The van der Waals surface area contributed by atoms with Crippen LogP contribution in [0.5, 0.6) is 0 Å². The number of methoxy groups -OCH3 is 1. The Morgan fingerprint density at radius 2 is 0.357 bits per heavy atom. The number of carboxylic acids is 1. The molecule has 0 saturated carbocycles. The third-order valence-electron chi connectivity index (χ3n) is 31.9. The monoisotopic (exact) mass is 1890 g/mol. The number of carbonyl (C=O) groups excluding carboxylic acids is 2. The zero-order valence-corrected chi connectivity index (χ0v) is 85.4. The van der Waals surface area contributed by atoms with Crippen LogP contribution in [-0.2, 0) is 23.9 Å². The Balaban J connectivity index is 0.765. The quantitative estimate of drug-likeness (QED) is 0.0382. The summed E-state index contributed by atoms with van der Waals surface area (Å²) in [4.78, 5) is 42.5. The Hall–Kier alpha value is -13.3. The molecule has 17 unspecified atom stereocenters. The number of hydrogen-bond donors (Lipinski definition) is 1. The van der Waals surface area contributed by atoms with Crippen LogP contribution in [0.3, 0.4) is 0 Å². The van der Waals surface area contributed by atoms with E-state index in [4.69, 9.17) is 9.47 Å². The molecule has 0 amide bonds. The van der Waals surface area contributed by atoms with E-state index in [2.05, 4.69) is 456 Å². The Morgan fingerprint density at radius 3 is 0.503 bits per heavy atom. The van der Waals surface area contributed by atoms with Crippen molar-refractivity contribution in [3.8, 4) is 0 Å². The van der Waals surface area contributed by atoms with Crippen LogP contribution in [0.25, 0.3) is 0 Å². The molecule has 1 N–H and O–H groups in total. The Labute approximate surface area is 855 Å². The molecule has 15 rings (SSSR count). The molecule has 0 aromatic heterocycles. The number of benzene rings is 15. The van der Waals surface area contributed by atoms with Crippen LogP contribution in [0, 0.1) is 16.2 Å². The first-order valence-electron chi connectivity index (χ1n) is 53.1. The second-order valence-electron chi connectivity index (χ2n) is 42.4. The summed E-state index contributed by atoms with van der Waals surface area (Å²) in [7, 11) is 1.42. The number of esters is 2. The highest BCUT2D eigenvalue weighted by Gasteiger charge is 2.51. The van der Waals surface area contributed by atoms with E-state index >= 15 is 0 Å². The summed E-state index contributed by atoms with van der Waals surface area (Å²) in [6.07, 6.45) is 14.6. The summed E-state index contributed by atoms with van der Waals surface area (Å²) < 4.78 is 11.6. The van der Waals surface area contributed by atoms with Crippen LogP contribution in [0.15, 0.2) is 455 Å². The van der Waals surface area contributed by atoms with Crippen LogP contribution < -0.4 is 0 Å². The van der Waals surface area contributed by atoms with Crippen molar-refractivity contribution in [1.29, 1.82) is 0 Å². The van der Waals surface area contributed by atoms with Gasteiger partial charge in [0.05, 0.1) is 30.0 Å². The number of ether oxygens (including phenoxy) is 2. The van der Waals surface area contributed by atoms with Gasteiger partial charge in [-0.1, -0.05) is 462 Å². The second-order valence-corrected chi connectivity index (χ2v) is 42.4. The zero-order chi connectivity index (χ0) is 99.4. The van der Waals surface area contributed by atoms with Gasteiger partial charge in [-0.3, -0.25) is 14.4 Å². The highest BCUT2D eigenvalue weighted by Crippen LogP contribution is 2.55. The minimum absolute atomic E-state index is 0.0163. The van der Waals surface area contributed by atoms with E-state index in [0.717, 1.165) is 95.5 Å². The van der Waals surface area contributed by atoms with Gasteiger partial charge in [0.15, 0.2) is 0 Å². The van der Waals surface area contributed by atoms with Crippen LogP contribution in [0.1, 0.15) is 329 Å². The van der Waals surface area contributed by atoms with Gasteiger partial charge in [-0.25, -0.2) is 0 Å². The summed E-state index contributed by atoms with van der Waals surface area (Å²) in [5, 5.41) is 10.6. The number of hydrogen-bond acceptors (Lipinski definition) is 5. The van der Waals surface area contributed by atoms with E-state index in [1.54, 1.807) is 27.7 Å². The first kappa shape index (κ1) is 104. The summed E-state index contributed by atoms with van der Waals surface area (Å²) >= 11 is 0. The third kappa shape index (κ3) is 29.5. The molecule has 0 radical (unpaired) electrons. The Kier molecular flexibility index (Phi) is 38.3. The first-order chi connectivity index (χ1) is 69.9. The van der Waals surface area contributed by atoms with Crippen molar-refractivity contribution in [3.05, 3.63) is 538 Å². The normalized spacial score (nSPS) is 15.7. The maximum absolute atomic E-state index is 15.0. The standard InChI is InChI=1S/C137H150O6/c1-8-102(103-55-25-10-26-56-103)85-118(104-57-27-11-28-58-104)86-119(105-59-29-12-30-60-105)87-120(106-61-31-13-32-62-106)88-121(107-63-33-14-34-64-107)89-122(108-65-35-15-36-66-108)90-123(109-67-37-16-38-68-109)91-124(110-69-39-17-40-70-110)92-125(111-71-41-18-42-72-111)93-126(112-73-43-19-44-74-112)94-127(113-75-45-20-46-76-113)95-128(114-77-47-21-48-78-114)96-129(115-79-49-22-50-80-115)97-130(116-81-51-23-52-82-116)98-131(117-83-53-24-54-84-117)99-136(5,133(140)142-7)101-137(6,134(141)143-9-2)100-135(3,4)132(138)139/h10-84,102,118-131H,8-9,85-101H2,1-7H3,(H,138,139). The lowest BCUT2D eigenvalue weighted by Crippen LogP contribution is -2.44. The van der Waals surface area contributed by atoms with Gasteiger partial charge in [0.2, 0.25) is 0 Å². The van der Waals surface area contributed by atoms with Crippen molar-refractivity contribution in [2.24, 2.45) is 16.2 Å². The Bertz CT molecular complexity index is 6060. The number of aliphatic carboxylic acids is 1. The lowest BCUT2D eigenvalue weighted by atomic mass is 9.62. The van der Waals surface area contributed by atoms with E-state index < -0.39 is 34.2 Å². The second kappa shape index (κ2) is 52.6. The maximum atomic E-state index is 15.0. The third-order valence-corrected chi connectivity index (χ3v) is 31.9. The molecule has 6 nitrogen and oxygen atoms in total. The highest BCUT2D eigenvalue weighted by atomic mass is 16.5. The van der Waals surface area contributed by atoms with E-state index in [1.165, 1.54) is 85.0 Å². The fraction of sp³-hybridized carbons (Fsp3) is 0.321. The number of rotatable bonds is 54. The minimum Gasteiger partial charge on any atom is -0.481 e. The average Bonchev–Trinajstić information content (AvgIpc) is 0.784. The molecule has 143 heavy (non-hydrogen) atoms. The zero-order valence-electron chi connectivity index (χ0n) is 85.4. The van der Waals surface area contributed by atoms with E-state index in [-0.39, 0.29) is 90.5 Å². The van der Waals surface area contributed by atoms with Crippen molar-refractivity contribution in [2.75, 3.05) is 13.7 Å². The number of carboxylic acid groups (broad SMARTS) is 1. The summed E-state index contributed by atoms with van der Waals surface area (Å²) in [6.45, 7) is 11.2. The fourth-order valence-corrected chi connectivity index (χ4v) is 24.8. The lowest BCUT2D eigenvalue weighted by molar-refractivity contribution is -0.166. The van der Waals surface area contributed by atoms with Crippen molar-refractivity contribution >= 4 is 17.9 Å². The van der Waals surface area contributed by atoms with Crippen LogP contribution >= 0.6 is 0 Å². The molecular weight excluding hydrogens is 1740 g/mol. The van der Waals surface area contributed by atoms with Crippen molar-refractivity contribution in [1.82, 2.24) is 0 Å². The lowest BCUT2D eigenvalue weighted by Gasteiger charge is -2.41. The van der Waals surface area contributed by atoms with E-state index in [1.807, 2.05) is 13.0 Å².